The van der Waals surface area contributed by atoms with E-state index in [1.54, 1.807) is 4.88 Å². The number of aliphatic imine (C=N–C) groups is 1. The summed E-state index contributed by atoms with van der Waals surface area (Å²) in [5.41, 5.74) is 1.51. The molecule has 1 aromatic rings. The normalized spacial score (nSPS) is 28.7. The Kier molecular flexibility index (Phi) is 2.94. The number of amidine groups is 1. The summed E-state index contributed by atoms with van der Waals surface area (Å²) in [6, 6.07) is 2.78. The third kappa shape index (κ3) is 2.00. The lowest BCUT2D eigenvalue weighted by Gasteiger charge is -2.24. The number of hydrogen-bond donors (Lipinski definition) is 1. The van der Waals surface area contributed by atoms with E-state index in [-0.39, 0.29) is 0 Å². The molecule has 4 heteroatoms. The van der Waals surface area contributed by atoms with Crippen LogP contribution in [-0.2, 0) is 6.42 Å². The predicted molar refractivity (Wildman–Crippen MR) is 72.5 cm³/mol. The monoisotopic (exact) mass is 252 g/mol. The maximum atomic E-state index is 4.54. The van der Waals surface area contributed by atoms with Crippen molar-refractivity contribution in [1.29, 1.82) is 0 Å². The number of hydrogen-bond acceptors (Lipinski definition) is 4. The second-order valence-corrected chi connectivity index (χ2v) is 6.89. The van der Waals surface area contributed by atoms with Crippen LogP contribution in [0.15, 0.2) is 16.4 Å². The number of thioether (sulfide) groups is 1. The van der Waals surface area contributed by atoms with Crippen LogP contribution in [0.3, 0.4) is 0 Å². The topological polar surface area (TPSA) is 24.4 Å². The lowest BCUT2D eigenvalue weighted by atomic mass is 9.94. The van der Waals surface area contributed by atoms with Crippen LogP contribution >= 0.6 is 23.1 Å². The molecule has 0 radical (unpaired) electrons. The molecule has 2 unspecified atom stereocenters. The Morgan fingerprint density at radius 2 is 2.44 bits per heavy atom. The molecule has 1 aliphatic heterocycles. The van der Waals surface area contributed by atoms with E-state index in [4.69, 9.17) is 0 Å². The molecule has 0 saturated carbocycles. The van der Waals surface area contributed by atoms with Crippen LogP contribution in [0, 0.1) is 0 Å². The number of thiophene rings is 1. The average molecular weight is 252 g/mol. The van der Waals surface area contributed by atoms with Crippen LogP contribution in [0.25, 0.3) is 0 Å². The van der Waals surface area contributed by atoms with Gasteiger partial charge >= 0.3 is 0 Å². The number of nitrogens with one attached hydrogen (secondary N) is 1. The highest BCUT2D eigenvalue weighted by atomic mass is 32.2. The summed E-state index contributed by atoms with van der Waals surface area (Å²) in [4.78, 5) is 6.11. The van der Waals surface area contributed by atoms with Crippen molar-refractivity contribution in [2.75, 3.05) is 6.54 Å². The summed E-state index contributed by atoms with van der Waals surface area (Å²) in [5, 5.41) is 7.63. The molecule has 1 aromatic heterocycles. The molecule has 1 aliphatic carbocycles. The van der Waals surface area contributed by atoms with Crippen LogP contribution in [-0.4, -0.2) is 17.0 Å². The highest BCUT2D eigenvalue weighted by Crippen LogP contribution is 2.34. The number of nitrogens with zero attached hydrogens (tertiary/aromatic N) is 1. The largest absolute Gasteiger partial charge is 0.358 e. The zero-order valence-corrected chi connectivity index (χ0v) is 11.0. The maximum absolute atomic E-state index is 4.54. The zero-order chi connectivity index (χ0) is 11.0. The Hall–Kier alpha value is -0.480. The van der Waals surface area contributed by atoms with Gasteiger partial charge in [0.1, 0.15) is 0 Å². The Labute approximate surface area is 105 Å². The summed E-state index contributed by atoms with van der Waals surface area (Å²) in [6.45, 7) is 3.20. The average Bonchev–Trinajstić information content (AvgIpc) is 2.87. The van der Waals surface area contributed by atoms with Gasteiger partial charge in [0, 0.05) is 10.1 Å². The van der Waals surface area contributed by atoms with Crippen LogP contribution < -0.4 is 5.32 Å². The van der Waals surface area contributed by atoms with Crippen molar-refractivity contribution >= 4 is 28.3 Å². The molecule has 0 fully saturated rings. The summed E-state index contributed by atoms with van der Waals surface area (Å²) in [5.74, 6) is 0. The molecule has 2 heterocycles. The smallest absolute Gasteiger partial charge is 0.157 e. The van der Waals surface area contributed by atoms with Gasteiger partial charge in [0.15, 0.2) is 5.17 Å². The number of rotatable bonds is 1. The third-order valence-electron chi connectivity index (χ3n) is 3.15. The van der Waals surface area contributed by atoms with Crippen molar-refractivity contribution < 1.29 is 0 Å². The van der Waals surface area contributed by atoms with E-state index in [1.807, 2.05) is 23.1 Å². The number of aryl methyl sites for hydroxylation is 1. The first-order valence-electron chi connectivity index (χ1n) is 5.87. The molecule has 2 nitrogen and oxygen atoms in total. The lowest BCUT2D eigenvalue weighted by Crippen LogP contribution is -2.27. The molecular formula is C12H16N2S2. The first kappa shape index (κ1) is 10.7. The molecule has 0 aromatic carbocycles. The van der Waals surface area contributed by atoms with Crippen LogP contribution in [0.5, 0.6) is 0 Å². The summed E-state index contributed by atoms with van der Waals surface area (Å²) in [7, 11) is 0. The highest BCUT2D eigenvalue weighted by molar-refractivity contribution is 8.14. The van der Waals surface area contributed by atoms with Gasteiger partial charge in [-0.2, -0.15) is 0 Å². The van der Waals surface area contributed by atoms with Gasteiger partial charge in [-0.15, -0.1) is 11.3 Å². The highest BCUT2D eigenvalue weighted by Gasteiger charge is 2.24. The van der Waals surface area contributed by atoms with Crippen molar-refractivity contribution in [2.24, 2.45) is 4.99 Å². The van der Waals surface area contributed by atoms with E-state index >= 15 is 0 Å². The van der Waals surface area contributed by atoms with Crippen molar-refractivity contribution in [3.63, 3.8) is 0 Å². The molecule has 0 saturated heterocycles. The van der Waals surface area contributed by atoms with Crippen molar-refractivity contribution in [3.05, 3.63) is 21.9 Å². The predicted octanol–water partition coefficient (Wildman–Crippen LogP) is 3.21. The molecule has 0 spiro atoms. The minimum Gasteiger partial charge on any atom is -0.358 e. The van der Waals surface area contributed by atoms with Crippen LogP contribution in [0.1, 0.15) is 36.2 Å². The fourth-order valence-corrected chi connectivity index (χ4v) is 4.22. The zero-order valence-electron chi connectivity index (χ0n) is 9.40. The summed E-state index contributed by atoms with van der Waals surface area (Å²) in [6.07, 6.45) is 3.82. The molecule has 2 atom stereocenters. The van der Waals surface area contributed by atoms with E-state index in [0.29, 0.717) is 11.3 Å². The molecule has 3 rings (SSSR count). The van der Waals surface area contributed by atoms with Crippen LogP contribution in [0.2, 0.25) is 0 Å². The van der Waals surface area contributed by atoms with Gasteiger partial charge in [0.25, 0.3) is 0 Å². The van der Waals surface area contributed by atoms with E-state index in [0.717, 1.165) is 11.7 Å². The second kappa shape index (κ2) is 4.41. The van der Waals surface area contributed by atoms with E-state index < -0.39 is 0 Å². The fourth-order valence-electron chi connectivity index (χ4n) is 2.34. The van der Waals surface area contributed by atoms with Gasteiger partial charge in [-0.25, -0.2) is 0 Å². The SMILES string of the molecule is CC1CN=C(NC2CCCc3sccc32)S1. The minimum atomic E-state index is 0.506. The van der Waals surface area contributed by atoms with Gasteiger partial charge in [-0.05, 0) is 36.3 Å². The first-order valence-corrected chi connectivity index (χ1v) is 7.63. The lowest BCUT2D eigenvalue weighted by molar-refractivity contribution is 0.536. The van der Waals surface area contributed by atoms with E-state index in [2.05, 4.69) is 28.7 Å². The van der Waals surface area contributed by atoms with Gasteiger partial charge in [0.05, 0.1) is 12.6 Å². The van der Waals surface area contributed by atoms with E-state index in [1.165, 1.54) is 24.8 Å². The standard InChI is InChI=1S/C12H16N2S2/c1-8-7-13-12(16-8)14-10-3-2-4-11-9(10)5-6-15-11/h5-6,8,10H,2-4,7H2,1H3,(H,13,14). The third-order valence-corrected chi connectivity index (χ3v) is 5.17. The van der Waals surface area contributed by atoms with Crippen molar-refractivity contribution in [2.45, 2.75) is 37.5 Å². The van der Waals surface area contributed by atoms with Crippen molar-refractivity contribution in [3.8, 4) is 0 Å². The minimum absolute atomic E-state index is 0.506. The van der Waals surface area contributed by atoms with Gasteiger partial charge in [-0.3, -0.25) is 4.99 Å². The second-order valence-electron chi connectivity index (χ2n) is 4.46. The Morgan fingerprint density at radius 1 is 1.50 bits per heavy atom. The maximum Gasteiger partial charge on any atom is 0.157 e. The van der Waals surface area contributed by atoms with Gasteiger partial charge < -0.3 is 5.32 Å². The molecular weight excluding hydrogens is 236 g/mol. The van der Waals surface area contributed by atoms with Crippen LogP contribution in [0.4, 0.5) is 0 Å². The molecule has 86 valence electrons. The number of fused-ring (bicyclic) bond motifs is 1. The molecule has 0 bridgehead atoms. The molecule has 1 N–H and O–H groups in total. The molecule has 0 amide bonds. The van der Waals surface area contributed by atoms with Crippen molar-refractivity contribution in [1.82, 2.24) is 5.32 Å². The molecule has 2 aliphatic rings. The summed E-state index contributed by atoms with van der Waals surface area (Å²) < 4.78 is 0. The Balaban J connectivity index is 1.73. The summed E-state index contributed by atoms with van der Waals surface area (Å²) >= 11 is 3.78. The fraction of sp³-hybridized carbons (Fsp3) is 0.583. The Morgan fingerprint density at radius 3 is 3.25 bits per heavy atom. The van der Waals surface area contributed by atoms with Gasteiger partial charge in [-0.1, -0.05) is 18.7 Å². The first-order chi connectivity index (χ1) is 7.83. The molecule has 16 heavy (non-hydrogen) atoms. The van der Waals surface area contributed by atoms with Gasteiger partial charge in [0.2, 0.25) is 0 Å². The Bertz CT molecular complexity index is 411. The van der Waals surface area contributed by atoms with E-state index in [9.17, 15) is 0 Å². The quantitative estimate of drug-likeness (QED) is 0.830.